The molecule has 0 aromatic heterocycles. The minimum atomic E-state index is 0.159. The Kier molecular flexibility index (Phi) is 3.72. The number of fused-ring (bicyclic) bond motifs is 1. The Hall–Kier alpha value is -0.570. The van der Waals surface area contributed by atoms with Crippen molar-refractivity contribution < 1.29 is 0 Å². The summed E-state index contributed by atoms with van der Waals surface area (Å²) in [6.07, 6.45) is 0. The van der Waals surface area contributed by atoms with Gasteiger partial charge in [-0.1, -0.05) is 65.8 Å². The number of rotatable bonds is 0. The van der Waals surface area contributed by atoms with Gasteiger partial charge in [0.15, 0.2) is 0 Å². The van der Waals surface area contributed by atoms with Crippen molar-refractivity contribution >= 4 is 33.4 Å². The van der Waals surface area contributed by atoms with E-state index in [1.807, 2.05) is 0 Å². The zero-order chi connectivity index (χ0) is 14.4. The summed E-state index contributed by atoms with van der Waals surface area (Å²) in [6.45, 7) is 13.9. The molecule has 1 heteroatoms. The quantitative estimate of drug-likeness (QED) is 0.499. The van der Waals surface area contributed by atoms with Gasteiger partial charge in [-0.25, -0.2) is 0 Å². The Bertz CT molecular complexity index is 610. The van der Waals surface area contributed by atoms with Crippen LogP contribution in [0.1, 0.15) is 52.7 Å². The van der Waals surface area contributed by atoms with Gasteiger partial charge in [-0.2, -0.15) is 0 Å². The van der Waals surface area contributed by atoms with Crippen LogP contribution < -0.4 is 0 Å². The largest absolute Gasteiger partial charge is 0.0606 e. The second-order valence-corrected chi connectivity index (χ2v) is 8.49. The molecule has 0 unspecified atom stereocenters. The highest BCUT2D eigenvalue weighted by molar-refractivity contribution is 14.1. The summed E-state index contributed by atoms with van der Waals surface area (Å²) in [6, 6.07) is 11.2. The van der Waals surface area contributed by atoms with E-state index in [-0.39, 0.29) is 10.8 Å². The molecular formula is C18H23I. The van der Waals surface area contributed by atoms with E-state index in [1.165, 1.54) is 25.5 Å². The third-order valence-electron chi connectivity index (χ3n) is 3.57. The Morgan fingerprint density at radius 3 is 1.89 bits per heavy atom. The molecule has 0 spiro atoms. The van der Waals surface area contributed by atoms with Crippen LogP contribution >= 0.6 is 22.6 Å². The van der Waals surface area contributed by atoms with Crippen LogP contribution in [0, 0.1) is 3.57 Å². The maximum Gasteiger partial charge on any atom is 0.0208 e. The molecule has 0 atom stereocenters. The van der Waals surface area contributed by atoms with E-state index in [0.29, 0.717) is 0 Å². The molecule has 0 heterocycles. The Labute approximate surface area is 130 Å². The van der Waals surface area contributed by atoms with Gasteiger partial charge in [-0.3, -0.25) is 0 Å². The number of hydrogen-bond donors (Lipinski definition) is 0. The molecule has 0 bridgehead atoms. The molecule has 0 fully saturated rings. The SMILES string of the molecule is CC(C)(C)c1ccc2c(I)cccc2c1C(C)(C)C. The maximum absolute atomic E-state index is 2.44. The Balaban J connectivity index is 2.94. The third-order valence-corrected chi connectivity index (χ3v) is 4.51. The fraction of sp³-hybridized carbons (Fsp3) is 0.444. The monoisotopic (exact) mass is 366 g/mol. The van der Waals surface area contributed by atoms with E-state index in [2.05, 4.69) is 94.5 Å². The van der Waals surface area contributed by atoms with Gasteiger partial charge >= 0.3 is 0 Å². The number of hydrogen-bond acceptors (Lipinski definition) is 0. The molecule has 0 amide bonds. The lowest BCUT2D eigenvalue weighted by molar-refractivity contribution is 0.534. The van der Waals surface area contributed by atoms with Gasteiger partial charge in [0.05, 0.1) is 0 Å². The molecule has 102 valence electrons. The smallest absolute Gasteiger partial charge is 0.0208 e. The second kappa shape index (κ2) is 4.76. The van der Waals surface area contributed by atoms with Gasteiger partial charge in [0.25, 0.3) is 0 Å². The molecule has 0 saturated heterocycles. The summed E-state index contributed by atoms with van der Waals surface area (Å²) in [5.74, 6) is 0. The summed E-state index contributed by atoms with van der Waals surface area (Å²) in [4.78, 5) is 0. The molecule has 0 aliphatic carbocycles. The fourth-order valence-corrected chi connectivity index (χ4v) is 3.43. The van der Waals surface area contributed by atoms with Crippen molar-refractivity contribution in [1.82, 2.24) is 0 Å². The standard InChI is InChI=1S/C18H23I/c1-17(2,3)14-11-10-12-13(8-7-9-15(12)19)16(14)18(4,5)6/h7-11H,1-6H3. The van der Waals surface area contributed by atoms with Gasteiger partial charge in [0.1, 0.15) is 0 Å². The van der Waals surface area contributed by atoms with Crippen molar-refractivity contribution in [2.45, 2.75) is 52.4 Å². The second-order valence-electron chi connectivity index (χ2n) is 7.32. The first-order valence-electron chi connectivity index (χ1n) is 6.84. The van der Waals surface area contributed by atoms with Crippen LogP contribution in [0.25, 0.3) is 10.8 Å². The zero-order valence-corrected chi connectivity index (χ0v) is 14.9. The molecular weight excluding hydrogens is 343 g/mol. The minimum Gasteiger partial charge on any atom is -0.0606 e. The van der Waals surface area contributed by atoms with Gasteiger partial charge < -0.3 is 0 Å². The van der Waals surface area contributed by atoms with Crippen LogP contribution in [-0.4, -0.2) is 0 Å². The highest BCUT2D eigenvalue weighted by Gasteiger charge is 2.27. The molecule has 0 N–H and O–H groups in total. The predicted octanol–water partition coefficient (Wildman–Crippen LogP) is 6.04. The summed E-state index contributed by atoms with van der Waals surface area (Å²) < 4.78 is 1.33. The first kappa shape index (κ1) is 14.8. The average Bonchev–Trinajstić information content (AvgIpc) is 2.25. The predicted molar refractivity (Wildman–Crippen MR) is 94.1 cm³/mol. The zero-order valence-electron chi connectivity index (χ0n) is 12.8. The summed E-state index contributed by atoms with van der Waals surface area (Å²) in [5, 5.41) is 2.79. The van der Waals surface area contributed by atoms with Crippen LogP contribution in [0.2, 0.25) is 0 Å². The lowest BCUT2D eigenvalue weighted by atomic mass is 9.73. The van der Waals surface area contributed by atoms with Crippen molar-refractivity contribution in [1.29, 1.82) is 0 Å². The molecule has 0 aliphatic rings. The van der Waals surface area contributed by atoms with Crippen LogP contribution in [-0.2, 0) is 10.8 Å². The van der Waals surface area contributed by atoms with Gasteiger partial charge in [-0.15, -0.1) is 0 Å². The van der Waals surface area contributed by atoms with Crippen LogP contribution in [0.4, 0.5) is 0 Å². The van der Waals surface area contributed by atoms with Crippen molar-refractivity contribution in [2.24, 2.45) is 0 Å². The van der Waals surface area contributed by atoms with Crippen molar-refractivity contribution in [3.63, 3.8) is 0 Å². The highest BCUT2D eigenvalue weighted by Crippen LogP contribution is 2.39. The van der Waals surface area contributed by atoms with Crippen molar-refractivity contribution in [3.8, 4) is 0 Å². The van der Waals surface area contributed by atoms with Crippen molar-refractivity contribution in [2.75, 3.05) is 0 Å². The lowest BCUT2D eigenvalue weighted by Crippen LogP contribution is -2.22. The molecule has 0 aliphatic heterocycles. The van der Waals surface area contributed by atoms with E-state index in [4.69, 9.17) is 0 Å². The van der Waals surface area contributed by atoms with Crippen molar-refractivity contribution in [3.05, 3.63) is 45.0 Å². The number of halogens is 1. The van der Waals surface area contributed by atoms with E-state index in [0.717, 1.165) is 0 Å². The average molecular weight is 366 g/mol. The third kappa shape index (κ3) is 2.81. The summed E-state index contributed by atoms with van der Waals surface area (Å²) in [5.41, 5.74) is 3.30. The van der Waals surface area contributed by atoms with Gasteiger partial charge in [0.2, 0.25) is 0 Å². The molecule has 0 radical (unpaired) electrons. The van der Waals surface area contributed by atoms with Crippen LogP contribution in [0.3, 0.4) is 0 Å². The molecule has 19 heavy (non-hydrogen) atoms. The van der Waals surface area contributed by atoms with Crippen LogP contribution in [0.5, 0.6) is 0 Å². The number of benzene rings is 2. The molecule has 0 saturated carbocycles. The van der Waals surface area contributed by atoms with E-state index < -0.39 is 0 Å². The maximum atomic E-state index is 2.44. The molecule has 0 nitrogen and oxygen atoms in total. The Morgan fingerprint density at radius 2 is 1.37 bits per heavy atom. The normalized spacial score (nSPS) is 13.0. The van der Waals surface area contributed by atoms with E-state index >= 15 is 0 Å². The fourth-order valence-electron chi connectivity index (χ4n) is 2.75. The first-order chi connectivity index (χ1) is 8.62. The molecule has 2 aromatic carbocycles. The highest BCUT2D eigenvalue weighted by atomic mass is 127. The van der Waals surface area contributed by atoms with Gasteiger partial charge in [0, 0.05) is 3.57 Å². The molecule has 2 rings (SSSR count). The summed E-state index contributed by atoms with van der Waals surface area (Å²) >= 11 is 2.44. The van der Waals surface area contributed by atoms with Crippen LogP contribution in [0.15, 0.2) is 30.3 Å². The minimum absolute atomic E-state index is 0.159. The Morgan fingerprint density at radius 1 is 0.737 bits per heavy atom. The van der Waals surface area contributed by atoms with Gasteiger partial charge in [-0.05, 0) is 61.4 Å². The van der Waals surface area contributed by atoms with E-state index in [9.17, 15) is 0 Å². The summed E-state index contributed by atoms with van der Waals surface area (Å²) in [7, 11) is 0. The lowest BCUT2D eigenvalue weighted by Gasteiger charge is -2.31. The molecule has 2 aromatic rings. The topological polar surface area (TPSA) is 0 Å². The van der Waals surface area contributed by atoms with E-state index in [1.54, 1.807) is 0 Å². The first-order valence-corrected chi connectivity index (χ1v) is 7.92.